The Balaban J connectivity index is 1.50. The van der Waals surface area contributed by atoms with Gasteiger partial charge in [-0.3, -0.25) is 19.4 Å². The molecule has 1 atom stereocenters. The van der Waals surface area contributed by atoms with Crippen molar-refractivity contribution in [2.75, 3.05) is 17.5 Å². The van der Waals surface area contributed by atoms with Crippen LogP contribution in [0.1, 0.15) is 56.9 Å². The molecule has 1 aliphatic heterocycles. The molecular formula is C34H26Cl2F6N6O3S2. The first kappa shape index (κ1) is 38.4. The molecule has 2 aromatic carbocycles. The first-order chi connectivity index (χ1) is 25.1. The predicted molar refractivity (Wildman–Crippen MR) is 189 cm³/mol. The molecule has 2 N–H and O–H groups in total. The monoisotopic (exact) mass is 814 g/mol. The van der Waals surface area contributed by atoms with Gasteiger partial charge in [-0.25, -0.2) is 18.3 Å². The summed E-state index contributed by atoms with van der Waals surface area (Å²) in [6, 6.07) is 12.8. The first-order valence-electron chi connectivity index (χ1n) is 15.6. The average molecular weight is 816 g/mol. The van der Waals surface area contributed by atoms with E-state index in [4.69, 9.17) is 23.2 Å². The Labute approximate surface area is 315 Å². The first-order valence-corrected chi connectivity index (χ1v) is 18.3. The minimum Gasteiger partial charge on any atom is -0.288 e. The van der Waals surface area contributed by atoms with Crippen molar-refractivity contribution >= 4 is 51.7 Å². The smallest absolute Gasteiger partial charge is 0.288 e. The number of halogens is 8. The highest BCUT2D eigenvalue weighted by atomic mass is 35.5. The third-order valence-corrected chi connectivity index (χ3v) is 10.3. The van der Waals surface area contributed by atoms with Crippen LogP contribution < -0.4 is 9.84 Å². The number of nitrogens with zero attached hydrogens (tertiary/aromatic N) is 5. The van der Waals surface area contributed by atoms with Crippen molar-refractivity contribution in [3.63, 3.8) is 0 Å². The molecule has 19 heteroatoms. The van der Waals surface area contributed by atoms with Crippen LogP contribution in [0.5, 0.6) is 0 Å². The Bertz CT molecular complexity index is 2220. The molecule has 6 rings (SSSR count). The molecule has 53 heavy (non-hydrogen) atoms. The molecule has 1 aliphatic rings. The summed E-state index contributed by atoms with van der Waals surface area (Å²) in [6.07, 6.45) is -5.03. The summed E-state index contributed by atoms with van der Waals surface area (Å²) in [6.45, 7) is 0.517. The number of hydrogen-bond donors (Lipinski definition) is 2. The molecule has 1 unspecified atom stereocenters. The molecule has 0 saturated carbocycles. The molecule has 0 aliphatic carbocycles. The van der Waals surface area contributed by atoms with Gasteiger partial charge in [-0.2, -0.15) is 31.4 Å². The van der Waals surface area contributed by atoms with E-state index in [1.807, 2.05) is 0 Å². The van der Waals surface area contributed by atoms with E-state index in [2.05, 4.69) is 22.4 Å². The van der Waals surface area contributed by atoms with Crippen molar-refractivity contribution in [1.29, 1.82) is 0 Å². The molecule has 0 bridgehead atoms. The van der Waals surface area contributed by atoms with Crippen LogP contribution >= 0.6 is 34.5 Å². The van der Waals surface area contributed by atoms with Crippen molar-refractivity contribution in [1.82, 2.24) is 24.9 Å². The van der Waals surface area contributed by atoms with E-state index in [-0.39, 0.29) is 27.7 Å². The summed E-state index contributed by atoms with van der Waals surface area (Å²) in [7, 11) is 0. The van der Waals surface area contributed by atoms with Gasteiger partial charge in [-0.05, 0) is 73.5 Å². The van der Waals surface area contributed by atoms with Crippen LogP contribution in [0.2, 0.25) is 10.0 Å². The second-order valence-corrected chi connectivity index (χ2v) is 14.5. The summed E-state index contributed by atoms with van der Waals surface area (Å²) in [4.78, 5) is 14.9. The Hall–Kier alpha value is -4.31. The SMILES string of the molecule is O=C(NN1CCCCC1)c1nn(-c2ccc(Cl)cc2Cl)c(-c2ccc(C#Cc3ccc(C(F)(F)F)cc3)s2)c1CN(n1ccc(C(F)(F)F)c1)S(=O)O. The Morgan fingerprint density at radius 2 is 1.64 bits per heavy atom. The van der Waals surface area contributed by atoms with Crippen LogP contribution in [0, 0.1) is 11.8 Å². The highest BCUT2D eigenvalue weighted by Gasteiger charge is 2.34. The van der Waals surface area contributed by atoms with Gasteiger partial charge in [0.1, 0.15) is 0 Å². The molecule has 1 amide bonds. The molecule has 5 aromatic rings. The fraction of sp³-hybridized carbons (Fsp3) is 0.235. The van der Waals surface area contributed by atoms with Crippen LogP contribution in [-0.2, 0) is 30.2 Å². The van der Waals surface area contributed by atoms with Crippen molar-refractivity contribution < 1.29 is 39.9 Å². The van der Waals surface area contributed by atoms with Crippen molar-refractivity contribution in [2.45, 2.75) is 38.2 Å². The summed E-state index contributed by atoms with van der Waals surface area (Å²) < 4.78 is 106. The van der Waals surface area contributed by atoms with Gasteiger partial charge in [0, 0.05) is 41.6 Å². The molecule has 0 spiro atoms. The lowest BCUT2D eigenvalue weighted by atomic mass is 10.1. The van der Waals surface area contributed by atoms with Crippen molar-refractivity contribution in [3.8, 4) is 28.1 Å². The number of hydrogen-bond acceptors (Lipinski definition) is 5. The van der Waals surface area contributed by atoms with Crippen LogP contribution in [-0.4, -0.2) is 47.2 Å². The average Bonchev–Trinajstić information content (AvgIpc) is 3.85. The van der Waals surface area contributed by atoms with Gasteiger partial charge in [-0.1, -0.05) is 41.5 Å². The molecule has 4 heterocycles. The number of hydrazine groups is 1. The summed E-state index contributed by atoms with van der Waals surface area (Å²) >= 11 is 11.0. The maximum Gasteiger partial charge on any atom is 0.417 e. The number of piperidine rings is 1. The Morgan fingerprint density at radius 3 is 2.26 bits per heavy atom. The number of thiophene rings is 1. The van der Waals surface area contributed by atoms with E-state index in [0.717, 1.165) is 59.7 Å². The molecule has 1 fully saturated rings. The van der Waals surface area contributed by atoms with Crippen LogP contribution in [0.15, 0.2) is 73.1 Å². The largest absolute Gasteiger partial charge is 0.417 e. The third-order valence-electron chi connectivity index (χ3n) is 8.07. The highest BCUT2D eigenvalue weighted by molar-refractivity contribution is 7.80. The van der Waals surface area contributed by atoms with Gasteiger partial charge in [0.25, 0.3) is 17.2 Å². The van der Waals surface area contributed by atoms with E-state index >= 15 is 0 Å². The number of carbonyl (C=O) groups is 1. The van der Waals surface area contributed by atoms with Gasteiger partial charge >= 0.3 is 12.4 Å². The van der Waals surface area contributed by atoms with Gasteiger partial charge in [0.05, 0.1) is 43.8 Å². The zero-order valence-electron chi connectivity index (χ0n) is 27.0. The minimum atomic E-state index is -4.75. The van der Waals surface area contributed by atoms with Crippen molar-refractivity contribution in [2.24, 2.45) is 0 Å². The summed E-state index contributed by atoms with van der Waals surface area (Å²) in [5, 5.41) is 6.76. The fourth-order valence-electron chi connectivity index (χ4n) is 5.52. The molecular weight excluding hydrogens is 789 g/mol. The molecule has 278 valence electrons. The van der Waals surface area contributed by atoms with E-state index in [1.165, 1.54) is 28.9 Å². The minimum absolute atomic E-state index is 0.0549. The van der Waals surface area contributed by atoms with Crippen LogP contribution in [0.4, 0.5) is 26.3 Å². The van der Waals surface area contributed by atoms with Gasteiger partial charge < -0.3 is 0 Å². The van der Waals surface area contributed by atoms with E-state index in [9.17, 15) is 39.9 Å². The standard InChI is InChI=1S/C34H26Cl2F6N6O3S2/c35-24-9-12-28(27(36)18-24)48-31(29-13-11-25(52-29)10-6-21-4-7-22(8-5-21)33(37,38)39)26(30(43-48)32(49)44-45-15-2-1-3-16-45)20-47(53(50)51)46-17-14-23(19-46)34(40,41)42/h4-5,7-9,11-14,17-19H,1-3,15-16,20H2,(H,44,49)(H,50,51). The van der Waals surface area contributed by atoms with E-state index < -0.39 is 47.2 Å². The predicted octanol–water partition coefficient (Wildman–Crippen LogP) is 8.55. The van der Waals surface area contributed by atoms with Crippen LogP contribution in [0.3, 0.4) is 0 Å². The number of amides is 1. The maximum absolute atomic E-state index is 14.0. The number of rotatable bonds is 8. The molecule has 9 nitrogen and oxygen atoms in total. The van der Waals surface area contributed by atoms with Gasteiger partial charge in [0.15, 0.2) is 5.69 Å². The maximum atomic E-state index is 14.0. The number of alkyl halides is 6. The fourth-order valence-corrected chi connectivity index (χ4v) is 7.43. The molecule has 3 aromatic heterocycles. The number of carbonyl (C=O) groups excluding carboxylic acids is 1. The topological polar surface area (TPSA) is 95.6 Å². The summed E-state index contributed by atoms with van der Waals surface area (Å²) in [5.74, 6) is 5.05. The number of aromatic nitrogens is 3. The quantitative estimate of drug-likeness (QED) is 0.0931. The Morgan fingerprint density at radius 1 is 0.943 bits per heavy atom. The number of nitrogens with one attached hydrogen (secondary N) is 1. The zero-order chi connectivity index (χ0) is 38.1. The number of benzene rings is 2. The lowest BCUT2D eigenvalue weighted by Crippen LogP contribution is -2.45. The molecule has 1 saturated heterocycles. The van der Waals surface area contributed by atoms with Crippen molar-refractivity contribution in [3.05, 3.63) is 116 Å². The second kappa shape index (κ2) is 15.6. The lowest BCUT2D eigenvalue weighted by molar-refractivity contribution is -0.138. The molecule has 0 radical (unpaired) electrons. The van der Waals surface area contributed by atoms with E-state index in [0.29, 0.717) is 44.0 Å². The van der Waals surface area contributed by atoms with Gasteiger partial charge in [0.2, 0.25) is 0 Å². The second-order valence-electron chi connectivity index (χ2n) is 11.7. The lowest BCUT2D eigenvalue weighted by Gasteiger charge is -2.26. The summed E-state index contributed by atoms with van der Waals surface area (Å²) in [5.41, 5.74) is 1.55. The highest BCUT2D eigenvalue weighted by Crippen LogP contribution is 2.38. The third kappa shape index (κ3) is 8.91. The van der Waals surface area contributed by atoms with E-state index in [1.54, 1.807) is 23.2 Å². The van der Waals surface area contributed by atoms with Crippen LogP contribution in [0.25, 0.3) is 16.3 Å². The Kier molecular flexibility index (Phi) is 11.3. The zero-order valence-corrected chi connectivity index (χ0v) is 30.2. The van der Waals surface area contributed by atoms with Gasteiger partial charge in [-0.15, -0.1) is 11.3 Å². The normalized spacial score (nSPS) is 14.4.